The summed E-state index contributed by atoms with van der Waals surface area (Å²) in [5.74, 6) is 2.59. The van der Waals surface area contributed by atoms with Crippen LogP contribution in [0.15, 0.2) is 22.9 Å². The molecule has 3 heterocycles. The maximum atomic E-state index is 5.41. The Kier molecular flexibility index (Phi) is 6.79. The highest BCUT2D eigenvalue weighted by atomic mass is 16.5. The van der Waals surface area contributed by atoms with Crippen LogP contribution in [0.4, 0.5) is 5.82 Å². The van der Waals surface area contributed by atoms with E-state index in [2.05, 4.69) is 32.7 Å². The van der Waals surface area contributed by atoms with Crippen molar-refractivity contribution in [1.29, 1.82) is 0 Å². The summed E-state index contributed by atoms with van der Waals surface area (Å²) in [6, 6.07) is 3.98. The number of unbranched alkanes of at least 4 members (excludes halogenated alkanes) is 5. The fourth-order valence-corrected chi connectivity index (χ4v) is 3.14. The van der Waals surface area contributed by atoms with Crippen LogP contribution in [0.2, 0.25) is 0 Å². The first-order valence-corrected chi connectivity index (χ1v) is 9.61. The van der Waals surface area contributed by atoms with Crippen LogP contribution in [0.25, 0.3) is 11.4 Å². The molecule has 1 aliphatic heterocycles. The first-order valence-electron chi connectivity index (χ1n) is 9.61. The molecule has 0 saturated carbocycles. The van der Waals surface area contributed by atoms with Crippen LogP contribution in [0, 0.1) is 0 Å². The quantitative estimate of drug-likeness (QED) is 0.636. The summed E-state index contributed by atoms with van der Waals surface area (Å²) in [6.07, 6.45) is 10.7. The van der Waals surface area contributed by atoms with Crippen molar-refractivity contribution in [2.75, 3.05) is 25.0 Å². The molecule has 2 aromatic rings. The largest absolute Gasteiger partial charge is 0.370 e. The average Bonchev–Trinajstić information content (AvgIpc) is 3.33. The molecule has 25 heavy (non-hydrogen) atoms. The molecule has 0 radical (unpaired) electrons. The molecule has 1 atom stereocenters. The highest BCUT2D eigenvalue weighted by Crippen LogP contribution is 2.23. The van der Waals surface area contributed by atoms with E-state index in [1.807, 2.05) is 18.3 Å². The summed E-state index contributed by atoms with van der Waals surface area (Å²) >= 11 is 0. The van der Waals surface area contributed by atoms with Crippen LogP contribution >= 0.6 is 0 Å². The normalized spacial score (nSPS) is 17.1. The molecule has 0 bridgehead atoms. The van der Waals surface area contributed by atoms with Crippen molar-refractivity contribution < 1.29 is 4.52 Å². The third-order valence-corrected chi connectivity index (χ3v) is 4.71. The number of hydrogen-bond donors (Lipinski definition) is 2. The molecule has 2 N–H and O–H groups in total. The van der Waals surface area contributed by atoms with E-state index in [1.165, 1.54) is 38.5 Å². The minimum atomic E-state index is 0.340. The Morgan fingerprint density at radius 1 is 1.20 bits per heavy atom. The van der Waals surface area contributed by atoms with Gasteiger partial charge in [0.25, 0.3) is 0 Å². The van der Waals surface area contributed by atoms with Gasteiger partial charge in [0.15, 0.2) is 0 Å². The van der Waals surface area contributed by atoms with Gasteiger partial charge in [-0.25, -0.2) is 4.98 Å². The molecule has 136 valence electrons. The minimum Gasteiger partial charge on any atom is -0.370 e. The molecular formula is C19H29N5O. The van der Waals surface area contributed by atoms with Gasteiger partial charge < -0.3 is 15.2 Å². The third-order valence-electron chi connectivity index (χ3n) is 4.71. The molecule has 3 rings (SSSR count). The maximum absolute atomic E-state index is 5.41. The molecule has 0 aromatic carbocycles. The van der Waals surface area contributed by atoms with Crippen molar-refractivity contribution in [2.45, 2.75) is 57.8 Å². The van der Waals surface area contributed by atoms with Gasteiger partial charge in [0.1, 0.15) is 5.82 Å². The standard InChI is InChI=1S/C19H29N5O/c1-2-3-4-5-6-7-11-21-17-9-8-15(14-22-17)18-23-19(25-24-18)16-10-12-20-13-16/h8-9,14,16,20H,2-7,10-13H2,1H3,(H,21,22). The van der Waals surface area contributed by atoms with E-state index in [4.69, 9.17) is 4.52 Å². The van der Waals surface area contributed by atoms with Gasteiger partial charge in [-0.3, -0.25) is 0 Å². The zero-order valence-corrected chi connectivity index (χ0v) is 15.1. The number of nitrogens with zero attached hydrogens (tertiary/aromatic N) is 3. The molecular weight excluding hydrogens is 314 g/mol. The van der Waals surface area contributed by atoms with Gasteiger partial charge in [0.05, 0.1) is 5.92 Å². The first-order chi connectivity index (χ1) is 12.4. The average molecular weight is 343 g/mol. The van der Waals surface area contributed by atoms with E-state index in [0.717, 1.165) is 43.3 Å². The summed E-state index contributed by atoms with van der Waals surface area (Å²) < 4.78 is 5.41. The fourth-order valence-electron chi connectivity index (χ4n) is 3.14. The Labute approximate surface area is 149 Å². The monoisotopic (exact) mass is 343 g/mol. The van der Waals surface area contributed by atoms with Crippen molar-refractivity contribution in [2.24, 2.45) is 0 Å². The predicted octanol–water partition coefficient (Wildman–Crippen LogP) is 3.98. The Hall–Kier alpha value is -1.95. The van der Waals surface area contributed by atoms with Crippen LogP contribution in [0.5, 0.6) is 0 Å². The summed E-state index contributed by atoms with van der Waals surface area (Å²) in [5, 5.41) is 10.8. The molecule has 0 amide bonds. The van der Waals surface area contributed by atoms with Gasteiger partial charge in [-0.1, -0.05) is 44.2 Å². The van der Waals surface area contributed by atoms with Crippen molar-refractivity contribution in [3.8, 4) is 11.4 Å². The third kappa shape index (κ3) is 5.26. The number of anilines is 1. The first kappa shape index (κ1) is 17.9. The van der Waals surface area contributed by atoms with E-state index < -0.39 is 0 Å². The van der Waals surface area contributed by atoms with Crippen molar-refractivity contribution >= 4 is 5.82 Å². The van der Waals surface area contributed by atoms with Gasteiger partial charge in [0.2, 0.25) is 11.7 Å². The van der Waals surface area contributed by atoms with E-state index in [0.29, 0.717) is 11.7 Å². The fraction of sp³-hybridized carbons (Fsp3) is 0.632. The molecule has 1 unspecified atom stereocenters. The molecule has 0 spiro atoms. The number of pyridine rings is 1. The predicted molar refractivity (Wildman–Crippen MR) is 99.6 cm³/mol. The lowest BCUT2D eigenvalue weighted by atomic mass is 10.1. The zero-order valence-electron chi connectivity index (χ0n) is 15.1. The van der Waals surface area contributed by atoms with Crippen LogP contribution in [0.3, 0.4) is 0 Å². The molecule has 1 aliphatic rings. The summed E-state index contributed by atoms with van der Waals surface area (Å²) in [5.41, 5.74) is 0.895. The Morgan fingerprint density at radius 3 is 2.84 bits per heavy atom. The summed E-state index contributed by atoms with van der Waals surface area (Å²) in [6.45, 7) is 5.15. The lowest BCUT2D eigenvalue weighted by Crippen LogP contribution is -2.08. The Bertz CT molecular complexity index is 619. The van der Waals surface area contributed by atoms with Crippen molar-refractivity contribution in [3.05, 3.63) is 24.2 Å². The smallest absolute Gasteiger partial charge is 0.231 e. The van der Waals surface area contributed by atoms with Crippen molar-refractivity contribution in [3.63, 3.8) is 0 Å². The highest BCUT2D eigenvalue weighted by Gasteiger charge is 2.23. The lowest BCUT2D eigenvalue weighted by Gasteiger charge is -2.05. The number of aromatic nitrogens is 3. The number of nitrogens with one attached hydrogen (secondary N) is 2. The van der Waals surface area contributed by atoms with E-state index >= 15 is 0 Å². The summed E-state index contributed by atoms with van der Waals surface area (Å²) in [7, 11) is 0. The van der Waals surface area contributed by atoms with Gasteiger partial charge in [0, 0.05) is 24.8 Å². The molecule has 6 nitrogen and oxygen atoms in total. The Morgan fingerprint density at radius 2 is 2.08 bits per heavy atom. The highest BCUT2D eigenvalue weighted by molar-refractivity contribution is 5.55. The molecule has 0 aliphatic carbocycles. The lowest BCUT2D eigenvalue weighted by molar-refractivity contribution is 0.359. The van der Waals surface area contributed by atoms with Crippen LogP contribution in [-0.2, 0) is 0 Å². The van der Waals surface area contributed by atoms with E-state index in [9.17, 15) is 0 Å². The minimum absolute atomic E-state index is 0.340. The van der Waals surface area contributed by atoms with E-state index in [1.54, 1.807) is 0 Å². The molecule has 2 aromatic heterocycles. The molecule has 1 saturated heterocycles. The maximum Gasteiger partial charge on any atom is 0.231 e. The SMILES string of the molecule is CCCCCCCCNc1ccc(-c2noc(C3CCNC3)n2)cn1. The summed E-state index contributed by atoms with van der Waals surface area (Å²) in [4.78, 5) is 8.99. The van der Waals surface area contributed by atoms with Gasteiger partial charge in [-0.05, 0) is 31.5 Å². The Balaban J connectivity index is 1.44. The molecule has 6 heteroatoms. The number of hydrogen-bond acceptors (Lipinski definition) is 6. The van der Waals surface area contributed by atoms with Gasteiger partial charge in [-0.15, -0.1) is 0 Å². The second kappa shape index (κ2) is 9.51. The van der Waals surface area contributed by atoms with Gasteiger partial charge in [-0.2, -0.15) is 4.98 Å². The molecule has 1 fully saturated rings. The van der Waals surface area contributed by atoms with Crippen LogP contribution < -0.4 is 10.6 Å². The zero-order chi connectivity index (χ0) is 17.3. The van der Waals surface area contributed by atoms with Crippen LogP contribution in [0.1, 0.15) is 63.7 Å². The van der Waals surface area contributed by atoms with E-state index in [-0.39, 0.29) is 0 Å². The van der Waals surface area contributed by atoms with Crippen molar-refractivity contribution in [1.82, 2.24) is 20.4 Å². The second-order valence-corrected chi connectivity index (χ2v) is 6.77. The second-order valence-electron chi connectivity index (χ2n) is 6.77. The van der Waals surface area contributed by atoms with Crippen LogP contribution in [-0.4, -0.2) is 34.8 Å². The topological polar surface area (TPSA) is 75.9 Å². The van der Waals surface area contributed by atoms with Gasteiger partial charge >= 0.3 is 0 Å². The number of rotatable bonds is 10.